The molecule has 3 rings (SSSR count). The Morgan fingerprint density at radius 3 is 1.78 bits per heavy atom. The Hall–Kier alpha value is -1.99. The summed E-state index contributed by atoms with van der Waals surface area (Å²) >= 11 is 0. The van der Waals surface area contributed by atoms with Gasteiger partial charge in [0.05, 0.1) is 0 Å². The summed E-state index contributed by atoms with van der Waals surface area (Å²) in [7, 11) is -2.14. The average Bonchev–Trinajstić information content (AvgIpc) is 3.03. The number of nitrogens with zero attached hydrogens (tertiary/aromatic N) is 1. The van der Waals surface area contributed by atoms with Crippen molar-refractivity contribution in [3.8, 4) is 0 Å². The maximum absolute atomic E-state index is 14.7. The Bertz CT molecular complexity index is 830. The molecule has 2 aromatic carbocycles. The van der Waals surface area contributed by atoms with E-state index in [0.717, 1.165) is 21.3 Å². The minimum atomic E-state index is -5.34. The fraction of sp³-hybridized carbons (Fsp3) is 0.278. The normalized spacial score (nSPS) is 25.1. The summed E-state index contributed by atoms with van der Waals surface area (Å²) in [4.78, 5) is 4.02. The van der Waals surface area contributed by atoms with Gasteiger partial charge < -0.3 is 0 Å². The second kappa shape index (κ2) is 6.56. The van der Waals surface area contributed by atoms with E-state index in [1.54, 1.807) is 36.4 Å². The van der Waals surface area contributed by atoms with Crippen molar-refractivity contribution >= 4 is 13.4 Å². The SMILES string of the molecule is COP1(OC)(OC)OC(c2ccccc2)=NC1(c1ccccc1)C(F)(F)F. The number of aliphatic imine (C=N–C) groups is 1. The third-order valence-corrected chi connectivity index (χ3v) is 8.62. The number of hydrogen-bond acceptors (Lipinski definition) is 5. The summed E-state index contributed by atoms with van der Waals surface area (Å²) in [6, 6.07) is 15.4. The van der Waals surface area contributed by atoms with E-state index in [0.29, 0.717) is 5.56 Å². The van der Waals surface area contributed by atoms with Crippen LogP contribution in [-0.4, -0.2) is 33.4 Å². The van der Waals surface area contributed by atoms with Gasteiger partial charge in [0.1, 0.15) is 0 Å². The fourth-order valence-electron chi connectivity index (χ4n) is 3.27. The van der Waals surface area contributed by atoms with Gasteiger partial charge in [-0.05, 0) is 0 Å². The monoisotopic (exact) mass is 401 g/mol. The first-order valence-corrected chi connectivity index (χ1v) is 9.88. The van der Waals surface area contributed by atoms with Crippen LogP contribution in [0.3, 0.4) is 0 Å². The molecular weight excluding hydrogens is 382 g/mol. The predicted octanol–water partition coefficient (Wildman–Crippen LogP) is 5.03. The zero-order chi connectivity index (χ0) is 19.8. The molecule has 1 aliphatic heterocycles. The molecule has 1 unspecified atom stereocenters. The van der Waals surface area contributed by atoms with Crippen molar-refractivity contribution in [1.82, 2.24) is 0 Å². The Kier molecular flexibility index (Phi) is 4.80. The van der Waals surface area contributed by atoms with Gasteiger partial charge in [-0.2, -0.15) is 0 Å². The zero-order valence-electron chi connectivity index (χ0n) is 14.9. The van der Waals surface area contributed by atoms with Crippen molar-refractivity contribution in [2.75, 3.05) is 21.3 Å². The second-order valence-electron chi connectivity index (χ2n) is 5.77. The second-order valence-corrected chi connectivity index (χ2v) is 9.32. The van der Waals surface area contributed by atoms with Crippen molar-refractivity contribution in [2.45, 2.75) is 11.5 Å². The Balaban J connectivity index is 2.42. The van der Waals surface area contributed by atoms with Crippen LogP contribution in [0.4, 0.5) is 13.2 Å². The predicted molar refractivity (Wildman–Crippen MR) is 96.2 cm³/mol. The van der Waals surface area contributed by atoms with Crippen molar-refractivity contribution in [3.63, 3.8) is 0 Å². The van der Waals surface area contributed by atoms with E-state index in [-0.39, 0.29) is 11.5 Å². The molecule has 0 fully saturated rings. The molecule has 0 amide bonds. The van der Waals surface area contributed by atoms with Gasteiger partial charge in [-0.15, -0.1) is 0 Å². The van der Waals surface area contributed by atoms with E-state index in [9.17, 15) is 13.2 Å². The quantitative estimate of drug-likeness (QED) is 0.660. The molecule has 5 nitrogen and oxygen atoms in total. The van der Waals surface area contributed by atoms with Crippen LogP contribution >= 0.6 is 7.51 Å². The van der Waals surface area contributed by atoms with E-state index < -0.39 is 19.0 Å². The van der Waals surface area contributed by atoms with Crippen LogP contribution in [0.25, 0.3) is 0 Å². The van der Waals surface area contributed by atoms with Gasteiger partial charge in [0.2, 0.25) is 0 Å². The molecule has 9 heteroatoms. The van der Waals surface area contributed by atoms with Gasteiger partial charge in [-0.25, -0.2) is 0 Å². The molecular formula is C18H19F3NO4P. The number of halogens is 3. The van der Waals surface area contributed by atoms with Crippen LogP contribution in [0.5, 0.6) is 0 Å². The van der Waals surface area contributed by atoms with Gasteiger partial charge >= 0.3 is 154 Å². The van der Waals surface area contributed by atoms with E-state index in [4.69, 9.17) is 18.1 Å². The molecule has 27 heavy (non-hydrogen) atoms. The molecule has 0 saturated carbocycles. The van der Waals surface area contributed by atoms with Crippen LogP contribution < -0.4 is 0 Å². The Labute approximate surface area is 155 Å². The molecule has 1 aliphatic rings. The van der Waals surface area contributed by atoms with Crippen molar-refractivity contribution in [1.29, 1.82) is 0 Å². The van der Waals surface area contributed by atoms with E-state index >= 15 is 0 Å². The number of rotatable bonds is 5. The molecule has 0 aromatic heterocycles. The van der Waals surface area contributed by atoms with Gasteiger partial charge in [-0.3, -0.25) is 0 Å². The van der Waals surface area contributed by atoms with Gasteiger partial charge in [0.25, 0.3) is 0 Å². The topological polar surface area (TPSA) is 49.3 Å². The Morgan fingerprint density at radius 2 is 1.33 bits per heavy atom. The average molecular weight is 401 g/mol. The third-order valence-electron chi connectivity index (χ3n) is 4.57. The van der Waals surface area contributed by atoms with Crippen LogP contribution in [0.2, 0.25) is 0 Å². The first kappa shape index (κ1) is 19.8. The van der Waals surface area contributed by atoms with Crippen molar-refractivity contribution in [2.24, 2.45) is 4.99 Å². The van der Waals surface area contributed by atoms with Crippen molar-refractivity contribution in [3.05, 3.63) is 71.8 Å². The summed E-state index contributed by atoms with van der Waals surface area (Å²) in [5.41, 5.74) is 0.145. The van der Waals surface area contributed by atoms with Gasteiger partial charge in [-0.1, -0.05) is 0 Å². The number of alkyl halides is 3. The zero-order valence-corrected chi connectivity index (χ0v) is 15.8. The molecule has 0 N–H and O–H groups in total. The van der Waals surface area contributed by atoms with Crippen LogP contribution in [0.1, 0.15) is 11.1 Å². The summed E-state index contributed by atoms with van der Waals surface area (Å²) in [5.74, 6) is -0.264. The van der Waals surface area contributed by atoms with Crippen molar-refractivity contribution < 1.29 is 31.3 Å². The molecule has 0 aliphatic carbocycles. The number of hydrogen-bond donors (Lipinski definition) is 0. The Morgan fingerprint density at radius 1 is 0.852 bits per heavy atom. The molecule has 2 aromatic rings. The summed E-state index contributed by atoms with van der Waals surface area (Å²) in [5, 5.41) is -3.01. The number of benzene rings is 2. The molecule has 0 spiro atoms. The van der Waals surface area contributed by atoms with Crippen LogP contribution in [0, 0.1) is 0 Å². The molecule has 1 atom stereocenters. The summed E-state index contributed by atoms with van der Waals surface area (Å²) in [6.07, 6.45) is -4.94. The maximum atomic E-state index is 14.7. The van der Waals surface area contributed by atoms with E-state index in [1.807, 2.05) is 0 Å². The minimum absolute atomic E-state index is 0.202. The molecule has 0 bridgehead atoms. The fourth-order valence-corrected chi connectivity index (χ4v) is 6.55. The molecule has 0 saturated heterocycles. The summed E-state index contributed by atoms with van der Waals surface area (Å²) in [6.45, 7) is 0. The van der Waals surface area contributed by atoms with Crippen LogP contribution in [-0.2, 0) is 23.4 Å². The summed E-state index contributed by atoms with van der Waals surface area (Å²) < 4.78 is 65.9. The first-order valence-electron chi connectivity index (χ1n) is 7.97. The first-order chi connectivity index (χ1) is 12.8. The standard InChI is InChI=1S/C18H19F3NO4P/c1-23-27(24-2,25-3)17(18(19,20)21,15-12-8-5-9-13-15)22-16(26-27)14-10-6-4-7-11-14/h4-13H,1-3H3. The third kappa shape index (κ3) is 2.51. The van der Waals surface area contributed by atoms with Gasteiger partial charge in [0, 0.05) is 0 Å². The molecule has 1 heterocycles. The van der Waals surface area contributed by atoms with E-state index in [1.165, 1.54) is 24.3 Å². The molecule has 0 radical (unpaired) electrons. The van der Waals surface area contributed by atoms with E-state index in [2.05, 4.69) is 4.99 Å². The van der Waals surface area contributed by atoms with Gasteiger partial charge in [0.15, 0.2) is 0 Å². The van der Waals surface area contributed by atoms with Crippen LogP contribution in [0.15, 0.2) is 65.7 Å². The molecule has 146 valence electrons.